The molecule has 0 saturated carbocycles. The molecule has 0 aliphatic carbocycles. The van der Waals surface area contributed by atoms with Gasteiger partial charge in [0, 0.05) is 11.9 Å². The highest BCUT2D eigenvalue weighted by atomic mass is 16.3. The molecule has 4 rings (SSSR count). The normalized spacial score (nSPS) is 13.0. The van der Waals surface area contributed by atoms with Crippen LogP contribution in [-0.2, 0) is 0 Å². The summed E-state index contributed by atoms with van der Waals surface area (Å²) >= 11 is 0. The number of anilines is 1. The molecule has 0 aliphatic rings. The second-order valence-corrected chi connectivity index (χ2v) is 5.87. The van der Waals surface area contributed by atoms with Crippen LogP contribution in [0.3, 0.4) is 0 Å². The van der Waals surface area contributed by atoms with Crippen molar-refractivity contribution in [2.45, 2.75) is 6.04 Å². The highest BCUT2D eigenvalue weighted by Crippen LogP contribution is 2.30. The van der Waals surface area contributed by atoms with Crippen LogP contribution >= 0.6 is 0 Å². The van der Waals surface area contributed by atoms with Crippen molar-refractivity contribution in [2.24, 2.45) is 0 Å². The van der Waals surface area contributed by atoms with Crippen molar-refractivity contribution in [1.29, 1.82) is 0 Å². The van der Waals surface area contributed by atoms with E-state index in [2.05, 4.69) is 20.2 Å². The summed E-state index contributed by atoms with van der Waals surface area (Å²) in [7, 11) is 4.04. The fourth-order valence-corrected chi connectivity index (χ4v) is 2.86. The van der Waals surface area contributed by atoms with E-state index in [0.717, 1.165) is 22.2 Å². The van der Waals surface area contributed by atoms with Crippen molar-refractivity contribution in [2.75, 3.05) is 26.0 Å². The molecule has 122 valence electrons. The smallest absolute Gasteiger partial charge is 0.196 e. The lowest BCUT2D eigenvalue weighted by Crippen LogP contribution is -2.26. The fourth-order valence-electron chi connectivity index (χ4n) is 2.86. The molecule has 0 spiro atoms. The first-order valence-electron chi connectivity index (χ1n) is 7.80. The van der Waals surface area contributed by atoms with Gasteiger partial charge in [-0.2, -0.15) is 0 Å². The molecule has 24 heavy (non-hydrogen) atoms. The maximum absolute atomic E-state index is 5.94. The van der Waals surface area contributed by atoms with E-state index in [0.29, 0.717) is 17.9 Å². The SMILES string of the molecule is CN(C)C(CNc1ncnc2c1oc1ccccc12)c1ccco1. The highest BCUT2D eigenvalue weighted by Gasteiger charge is 2.19. The topological polar surface area (TPSA) is 67.3 Å². The van der Waals surface area contributed by atoms with Gasteiger partial charge in [0.1, 0.15) is 23.2 Å². The third-order valence-electron chi connectivity index (χ3n) is 4.12. The van der Waals surface area contributed by atoms with Gasteiger partial charge in [0.05, 0.1) is 12.3 Å². The molecular formula is C18H18N4O2. The van der Waals surface area contributed by atoms with Crippen LogP contribution in [0, 0.1) is 0 Å². The van der Waals surface area contributed by atoms with E-state index < -0.39 is 0 Å². The van der Waals surface area contributed by atoms with Crippen molar-refractivity contribution in [3.05, 3.63) is 54.7 Å². The number of hydrogen-bond acceptors (Lipinski definition) is 6. The number of furan rings is 2. The second kappa shape index (κ2) is 5.98. The van der Waals surface area contributed by atoms with Gasteiger partial charge in [-0.1, -0.05) is 12.1 Å². The summed E-state index contributed by atoms with van der Waals surface area (Å²) < 4.78 is 11.5. The molecular weight excluding hydrogens is 304 g/mol. The molecule has 1 atom stereocenters. The predicted molar refractivity (Wildman–Crippen MR) is 92.9 cm³/mol. The predicted octanol–water partition coefficient (Wildman–Crippen LogP) is 3.68. The number of aromatic nitrogens is 2. The molecule has 0 bridgehead atoms. The highest BCUT2D eigenvalue weighted by molar-refractivity contribution is 6.05. The van der Waals surface area contributed by atoms with Crippen molar-refractivity contribution < 1.29 is 8.83 Å². The number of rotatable bonds is 5. The Labute approximate surface area is 139 Å². The quantitative estimate of drug-likeness (QED) is 0.604. The maximum Gasteiger partial charge on any atom is 0.196 e. The van der Waals surface area contributed by atoms with Crippen molar-refractivity contribution >= 4 is 27.9 Å². The van der Waals surface area contributed by atoms with Crippen molar-refractivity contribution in [3.8, 4) is 0 Å². The Bertz CT molecular complexity index is 960. The number of hydrogen-bond donors (Lipinski definition) is 1. The van der Waals surface area contributed by atoms with Crippen LogP contribution in [0.25, 0.3) is 22.1 Å². The zero-order chi connectivity index (χ0) is 16.5. The van der Waals surface area contributed by atoms with Crippen LogP contribution in [-0.4, -0.2) is 35.5 Å². The van der Waals surface area contributed by atoms with Gasteiger partial charge in [0.25, 0.3) is 0 Å². The third-order valence-corrected chi connectivity index (χ3v) is 4.12. The molecule has 4 aromatic rings. The Morgan fingerprint density at radius 1 is 1.12 bits per heavy atom. The Balaban J connectivity index is 1.67. The Morgan fingerprint density at radius 3 is 2.79 bits per heavy atom. The monoisotopic (exact) mass is 322 g/mol. The number of likely N-dealkylation sites (N-methyl/N-ethyl adjacent to an activating group) is 1. The van der Waals surface area contributed by atoms with Gasteiger partial charge in [0.15, 0.2) is 11.4 Å². The molecule has 1 aromatic carbocycles. The fraction of sp³-hybridized carbons (Fsp3) is 0.222. The summed E-state index contributed by atoms with van der Waals surface area (Å²) in [5.41, 5.74) is 2.31. The number of para-hydroxylation sites is 1. The van der Waals surface area contributed by atoms with E-state index in [1.54, 1.807) is 12.6 Å². The molecule has 0 radical (unpaired) electrons. The van der Waals surface area contributed by atoms with Crippen LogP contribution in [0.4, 0.5) is 5.82 Å². The van der Waals surface area contributed by atoms with Gasteiger partial charge in [0.2, 0.25) is 0 Å². The lowest BCUT2D eigenvalue weighted by Gasteiger charge is -2.22. The van der Waals surface area contributed by atoms with E-state index in [9.17, 15) is 0 Å². The molecule has 0 saturated heterocycles. The van der Waals surface area contributed by atoms with E-state index in [-0.39, 0.29) is 6.04 Å². The summed E-state index contributed by atoms with van der Waals surface area (Å²) in [6, 6.07) is 11.8. The molecule has 1 N–H and O–H groups in total. The minimum atomic E-state index is 0.0920. The van der Waals surface area contributed by atoms with Gasteiger partial charge >= 0.3 is 0 Å². The summed E-state index contributed by atoms with van der Waals surface area (Å²) in [6.45, 7) is 0.643. The standard InChI is InChI=1S/C18H18N4O2/c1-22(2)13(15-8-5-9-23-15)10-19-18-17-16(20-11-21-18)12-6-3-4-7-14(12)24-17/h3-9,11,13H,10H2,1-2H3,(H,19,20,21). The van der Waals surface area contributed by atoms with Crippen molar-refractivity contribution in [1.82, 2.24) is 14.9 Å². The lowest BCUT2D eigenvalue weighted by atomic mass is 10.2. The molecule has 0 amide bonds. The molecule has 6 heteroatoms. The van der Waals surface area contributed by atoms with Crippen LogP contribution in [0.1, 0.15) is 11.8 Å². The first-order valence-corrected chi connectivity index (χ1v) is 7.80. The zero-order valence-corrected chi connectivity index (χ0v) is 13.6. The van der Waals surface area contributed by atoms with Crippen LogP contribution < -0.4 is 5.32 Å². The summed E-state index contributed by atoms with van der Waals surface area (Å²) in [5, 5.41) is 4.37. The summed E-state index contributed by atoms with van der Waals surface area (Å²) in [5.74, 6) is 1.59. The number of nitrogens with zero attached hydrogens (tertiary/aromatic N) is 3. The molecule has 6 nitrogen and oxygen atoms in total. The number of benzene rings is 1. The molecule has 1 unspecified atom stereocenters. The maximum atomic E-state index is 5.94. The minimum absolute atomic E-state index is 0.0920. The Hall–Kier alpha value is -2.86. The Kier molecular flexibility index (Phi) is 3.66. The van der Waals surface area contributed by atoms with E-state index >= 15 is 0 Å². The van der Waals surface area contributed by atoms with Crippen LogP contribution in [0.5, 0.6) is 0 Å². The molecule has 3 heterocycles. The van der Waals surface area contributed by atoms with Crippen LogP contribution in [0.15, 0.2) is 57.8 Å². The van der Waals surface area contributed by atoms with Gasteiger partial charge in [-0.3, -0.25) is 4.90 Å². The van der Waals surface area contributed by atoms with E-state index in [1.165, 1.54) is 0 Å². The second-order valence-electron chi connectivity index (χ2n) is 5.87. The van der Waals surface area contributed by atoms with Gasteiger partial charge in [-0.15, -0.1) is 0 Å². The number of fused-ring (bicyclic) bond motifs is 3. The van der Waals surface area contributed by atoms with E-state index in [1.807, 2.05) is 50.5 Å². The first kappa shape index (κ1) is 14.7. The zero-order valence-electron chi connectivity index (χ0n) is 13.6. The average Bonchev–Trinajstić information content (AvgIpc) is 3.22. The average molecular weight is 322 g/mol. The number of nitrogens with one attached hydrogen (secondary N) is 1. The molecule has 0 aliphatic heterocycles. The third kappa shape index (κ3) is 2.51. The van der Waals surface area contributed by atoms with Gasteiger partial charge in [-0.25, -0.2) is 9.97 Å². The first-order chi connectivity index (χ1) is 11.7. The summed E-state index contributed by atoms with van der Waals surface area (Å²) in [6.07, 6.45) is 3.25. The Morgan fingerprint density at radius 2 is 2.00 bits per heavy atom. The largest absolute Gasteiger partial charge is 0.468 e. The van der Waals surface area contributed by atoms with E-state index in [4.69, 9.17) is 8.83 Å². The van der Waals surface area contributed by atoms with Crippen LogP contribution in [0.2, 0.25) is 0 Å². The van der Waals surface area contributed by atoms with Gasteiger partial charge in [-0.05, 0) is 38.4 Å². The lowest BCUT2D eigenvalue weighted by molar-refractivity contribution is 0.269. The molecule has 0 fully saturated rings. The van der Waals surface area contributed by atoms with Crippen molar-refractivity contribution in [3.63, 3.8) is 0 Å². The minimum Gasteiger partial charge on any atom is -0.468 e. The summed E-state index contributed by atoms with van der Waals surface area (Å²) in [4.78, 5) is 10.8. The molecule has 3 aromatic heterocycles. The van der Waals surface area contributed by atoms with Gasteiger partial charge < -0.3 is 14.2 Å².